The molecule has 0 unspecified atom stereocenters. The Labute approximate surface area is 80.1 Å². The van der Waals surface area contributed by atoms with Crippen LogP contribution >= 0.6 is 11.6 Å². The Balaban J connectivity index is 3.17. The highest BCUT2D eigenvalue weighted by Crippen LogP contribution is 2.26. The molecule has 13 heavy (non-hydrogen) atoms. The Bertz CT molecular complexity index is 327. The standard InChI is InChI=1S/C8H8ClNO3/c1-2-13-7-5(9)3-4-10-6(7)8(11)12/h3-4H,2H2,1H3,(H,11,12). The molecular weight excluding hydrogens is 194 g/mol. The molecule has 0 amide bonds. The van der Waals surface area contributed by atoms with E-state index < -0.39 is 5.97 Å². The Hall–Kier alpha value is -1.29. The van der Waals surface area contributed by atoms with Crippen molar-refractivity contribution >= 4 is 17.6 Å². The van der Waals surface area contributed by atoms with Crippen LogP contribution in [0.4, 0.5) is 0 Å². The maximum Gasteiger partial charge on any atom is 0.358 e. The molecule has 4 nitrogen and oxygen atoms in total. The third-order valence-corrected chi connectivity index (χ3v) is 1.65. The van der Waals surface area contributed by atoms with Crippen LogP contribution < -0.4 is 4.74 Å². The van der Waals surface area contributed by atoms with E-state index >= 15 is 0 Å². The van der Waals surface area contributed by atoms with Crippen LogP contribution in [-0.2, 0) is 0 Å². The SMILES string of the molecule is CCOc1c(Cl)ccnc1C(=O)O. The zero-order valence-electron chi connectivity index (χ0n) is 6.95. The largest absolute Gasteiger partial charge is 0.490 e. The summed E-state index contributed by atoms with van der Waals surface area (Å²) in [6.07, 6.45) is 1.33. The topological polar surface area (TPSA) is 59.4 Å². The van der Waals surface area contributed by atoms with E-state index in [2.05, 4.69) is 4.98 Å². The second-order valence-corrected chi connectivity index (χ2v) is 2.62. The quantitative estimate of drug-likeness (QED) is 0.811. The number of aromatic carboxylic acids is 1. The van der Waals surface area contributed by atoms with Gasteiger partial charge in [0.1, 0.15) is 0 Å². The fraction of sp³-hybridized carbons (Fsp3) is 0.250. The molecule has 0 aliphatic heterocycles. The molecule has 0 aliphatic carbocycles. The highest BCUT2D eigenvalue weighted by atomic mass is 35.5. The lowest BCUT2D eigenvalue weighted by molar-refractivity contribution is 0.0685. The minimum absolute atomic E-state index is 0.124. The van der Waals surface area contributed by atoms with Gasteiger partial charge in [-0.25, -0.2) is 9.78 Å². The lowest BCUT2D eigenvalue weighted by atomic mass is 10.3. The van der Waals surface area contributed by atoms with Crippen molar-refractivity contribution in [1.29, 1.82) is 0 Å². The number of carboxylic acid groups (broad SMARTS) is 1. The molecule has 1 aromatic heterocycles. The summed E-state index contributed by atoms with van der Waals surface area (Å²) in [7, 11) is 0. The maximum atomic E-state index is 10.6. The van der Waals surface area contributed by atoms with Crippen molar-refractivity contribution in [1.82, 2.24) is 4.98 Å². The van der Waals surface area contributed by atoms with Gasteiger partial charge < -0.3 is 9.84 Å². The van der Waals surface area contributed by atoms with Gasteiger partial charge in [0.05, 0.1) is 11.6 Å². The fourth-order valence-corrected chi connectivity index (χ4v) is 1.06. The van der Waals surface area contributed by atoms with Gasteiger partial charge in [0.2, 0.25) is 0 Å². The van der Waals surface area contributed by atoms with Gasteiger partial charge in [-0.05, 0) is 13.0 Å². The molecule has 1 aromatic rings. The van der Waals surface area contributed by atoms with Crippen LogP contribution in [0.25, 0.3) is 0 Å². The van der Waals surface area contributed by atoms with Gasteiger partial charge in [-0.15, -0.1) is 0 Å². The molecule has 0 atom stereocenters. The Morgan fingerprint density at radius 3 is 3.00 bits per heavy atom. The second kappa shape index (κ2) is 4.09. The van der Waals surface area contributed by atoms with E-state index in [0.717, 1.165) is 0 Å². The molecule has 0 aromatic carbocycles. The summed E-state index contributed by atoms with van der Waals surface area (Å²) in [4.78, 5) is 14.3. The first kappa shape index (κ1) is 9.80. The van der Waals surface area contributed by atoms with Crippen molar-refractivity contribution in [3.63, 3.8) is 0 Å². The van der Waals surface area contributed by atoms with Gasteiger partial charge in [0.25, 0.3) is 0 Å². The van der Waals surface area contributed by atoms with E-state index in [1.54, 1.807) is 6.92 Å². The van der Waals surface area contributed by atoms with E-state index in [4.69, 9.17) is 21.4 Å². The van der Waals surface area contributed by atoms with Crippen LogP contribution in [0.3, 0.4) is 0 Å². The van der Waals surface area contributed by atoms with Crippen LogP contribution in [0.5, 0.6) is 5.75 Å². The van der Waals surface area contributed by atoms with Crippen molar-refractivity contribution in [2.75, 3.05) is 6.61 Å². The monoisotopic (exact) mass is 201 g/mol. The van der Waals surface area contributed by atoms with E-state index in [9.17, 15) is 4.79 Å². The average molecular weight is 202 g/mol. The predicted molar refractivity (Wildman–Crippen MR) is 47.4 cm³/mol. The zero-order chi connectivity index (χ0) is 9.84. The predicted octanol–water partition coefficient (Wildman–Crippen LogP) is 1.83. The smallest absolute Gasteiger partial charge is 0.358 e. The first-order valence-corrected chi connectivity index (χ1v) is 4.05. The third kappa shape index (κ3) is 2.09. The van der Waals surface area contributed by atoms with E-state index in [1.165, 1.54) is 12.3 Å². The van der Waals surface area contributed by atoms with Crippen molar-refractivity contribution in [3.8, 4) is 5.75 Å². The highest BCUT2D eigenvalue weighted by Gasteiger charge is 2.15. The number of hydrogen-bond donors (Lipinski definition) is 1. The summed E-state index contributed by atoms with van der Waals surface area (Å²) in [6, 6.07) is 1.49. The average Bonchev–Trinajstić information content (AvgIpc) is 2.08. The maximum absolute atomic E-state index is 10.6. The molecule has 1 N–H and O–H groups in total. The number of nitrogens with zero attached hydrogens (tertiary/aromatic N) is 1. The first-order valence-electron chi connectivity index (χ1n) is 3.67. The number of carboxylic acids is 1. The van der Waals surface area contributed by atoms with E-state index in [0.29, 0.717) is 6.61 Å². The van der Waals surface area contributed by atoms with Gasteiger partial charge in [0.15, 0.2) is 11.4 Å². The van der Waals surface area contributed by atoms with E-state index in [1.807, 2.05) is 0 Å². The molecule has 70 valence electrons. The Kier molecular flexibility index (Phi) is 3.08. The van der Waals surface area contributed by atoms with Gasteiger partial charge >= 0.3 is 5.97 Å². The van der Waals surface area contributed by atoms with Crippen molar-refractivity contribution in [3.05, 3.63) is 23.0 Å². The molecule has 0 bridgehead atoms. The van der Waals surface area contributed by atoms with Gasteiger partial charge in [0, 0.05) is 6.20 Å². The van der Waals surface area contributed by atoms with Crippen molar-refractivity contribution in [2.45, 2.75) is 6.92 Å². The summed E-state index contributed by atoms with van der Waals surface area (Å²) >= 11 is 5.72. The van der Waals surface area contributed by atoms with Crippen LogP contribution in [-0.4, -0.2) is 22.7 Å². The summed E-state index contributed by atoms with van der Waals surface area (Å²) in [6.45, 7) is 2.10. The van der Waals surface area contributed by atoms with Crippen LogP contribution in [0.1, 0.15) is 17.4 Å². The van der Waals surface area contributed by atoms with Gasteiger partial charge in [-0.3, -0.25) is 0 Å². The number of ether oxygens (including phenoxy) is 1. The lowest BCUT2D eigenvalue weighted by Crippen LogP contribution is -2.05. The molecule has 0 saturated carbocycles. The number of rotatable bonds is 3. The van der Waals surface area contributed by atoms with Crippen molar-refractivity contribution in [2.24, 2.45) is 0 Å². The summed E-state index contributed by atoms with van der Waals surface area (Å²) < 4.78 is 5.05. The number of pyridine rings is 1. The minimum Gasteiger partial charge on any atom is -0.490 e. The number of aromatic nitrogens is 1. The molecule has 5 heteroatoms. The Morgan fingerprint density at radius 2 is 2.46 bits per heavy atom. The molecule has 0 aliphatic rings. The molecule has 0 radical (unpaired) electrons. The van der Waals surface area contributed by atoms with Crippen LogP contribution in [0, 0.1) is 0 Å². The van der Waals surface area contributed by atoms with Gasteiger partial charge in [-0.1, -0.05) is 11.6 Å². The fourth-order valence-electron chi connectivity index (χ4n) is 0.859. The van der Waals surface area contributed by atoms with E-state index in [-0.39, 0.29) is 16.5 Å². The number of hydrogen-bond acceptors (Lipinski definition) is 3. The molecule has 1 rings (SSSR count). The Morgan fingerprint density at radius 1 is 1.77 bits per heavy atom. The molecular formula is C8H8ClNO3. The lowest BCUT2D eigenvalue weighted by Gasteiger charge is -2.06. The molecule has 0 saturated heterocycles. The zero-order valence-corrected chi connectivity index (χ0v) is 7.71. The minimum atomic E-state index is -1.15. The first-order chi connectivity index (χ1) is 6.16. The highest BCUT2D eigenvalue weighted by molar-refractivity contribution is 6.32. The second-order valence-electron chi connectivity index (χ2n) is 2.21. The molecule has 1 heterocycles. The van der Waals surface area contributed by atoms with Crippen LogP contribution in [0.15, 0.2) is 12.3 Å². The molecule has 0 spiro atoms. The summed E-state index contributed by atoms with van der Waals surface area (Å²) in [5.74, 6) is -1.02. The van der Waals surface area contributed by atoms with Gasteiger partial charge in [-0.2, -0.15) is 0 Å². The third-order valence-electron chi connectivity index (χ3n) is 1.35. The summed E-state index contributed by atoms with van der Waals surface area (Å²) in [5.41, 5.74) is -0.158. The summed E-state index contributed by atoms with van der Waals surface area (Å²) in [5, 5.41) is 8.97. The molecule has 0 fully saturated rings. The number of halogens is 1. The normalized spacial score (nSPS) is 9.69. The van der Waals surface area contributed by atoms with Crippen LogP contribution in [0.2, 0.25) is 5.02 Å². The number of carbonyl (C=O) groups is 1. The van der Waals surface area contributed by atoms with Crippen molar-refractivity contribution < 1.29 is 14.6 Å².